The molecule has 40 heavy (non-hydrogen) atoms. The third-order valence-corrected chi connectivity index (χ3v) is 9.20. The van der Waals surface area contributed by atoms with Crippen LogP contribution in [0.15, 0.2) is 42.7 Å². The molecule has 3 aromatic rings. The number of rotatable bonds is 7. The maximum Gasteiger partial charge on any atom is 0.416 e. The Morgan fingerprint density at radius 1 is 1.18 bits per heavy atom. The predicted octanol–water partition coefficient (Wildman–Crippen LogP) is 5.31. The Morgan fingerprint density at radius 3 is 2.52 bits per heavy atom. The van der Waals surface area contributed by atoms with Crippen molar-refractivity contribution in [1.29, 1.82) is 0 Å². The van der Waals surface area contributed by atoms with E-state index in [1.807, 2.05) is 23.7 Å². The van der Waals surface area contributed by atoms with E-state index in [0.717, 1.165) is 30.7 Å². The summed E-state index contributed by atoms with van der Waals surface area (Å²) in [4.78, 5) is 27.2. The molecule has 2 aliphatic carbocycles. The molecule has 6 rings (SSSR count). The summed E-state index contributed by atoms with van der Waals surface area (Å²) in [5, 5.41) is 11.8. The number of hydrogen-bond donors (Lipinski definition) is 1. The molecule has 0 saturated heterocycles. The minimum Gasteiger partial charge on any atom is -0.320 e. The van der Waals surface area contributed by atoms with E-state index < -0.39 is 23.1 Å². The van der Waals surface area contributed by atoms with Gasteiger partial charge in [-0.25, -0.2) is 0 Å². The molecule has 2 aromatic carbocycles. The molecule has 2 fully saturated rings. The average Bonchev–Trinajstić information content (AvgIpc) is 3.43. The van der Waals surface area contributed by atoms with Crippen LogP contribution in [0.1, 0.15) is 84.4 Å². The third kappa shape index (κ3) is 4.33. The molecule has 0 unspecified atom stereocenters. The SMILES string of the molecule is CC(=O)C1CC(c2cccc(N3Cc4c(cc(CNC5(C)CCC5)cc4C(F)(F)F)C3=O)c2)(c2nncn2C)C1. The molecule has 0 radical (unpaired) electrons. The minimum atomic E-state index is -4.58. The summed E-state index contributed by atoms with van der Waals surface area (Å²) in [5.41, 5.74) is 0.527. The molecule has 210 valence electrons. The maximum atomic E-state index is 14.2. The zero-order valence-corrected chi connectivity index (χ0v) is 22.8. The number of benzene rings is 2. The molecule has 1 aromatic heterocycles. The van der Waals surface area contributed by atoms with Crippen LogP contribution >= 0.6 is 0 Å². The van der Waals surface area contributed by atoms with Crippen molar-refractivity contribution in [3.05, 3.63) is 76.4 Å². The van der Waals surface area contributed by atoms with Crippen LogP contribution < -0.4 is 10.2 Å². The number of aryl methyl sites for hydroxylation is 1. The number of Topliss-reactive ketones (excluding diaryl/α,β-unsaturated/α-hetero) is 1. The first-order valence-electron chi connectivity index (χ1n) is 13.7. The lowest BCUT2D eigenvalue weighted by molar-refractivity contribution is -0.138. The highest BCUT2D eigenvalue weighted by Gasteiger charge is 2.51. The molecule has 1 N–H and O–H groups in total. The van der Waals surface area contributed by atoms with E-state index in [1.165, 1.54) is 11.0 Å². The van der Waals surface area contributed by atoms with E-state index in [2.05, 4.69) is 22.4 Å². The topological polar surface area (TPSA) is 80.1 Å². The lowest BCUT2D eigenvalue weighted by atomic mass is 9.57. The fraction of sp³-hybridized carbons (Fsp3) is 0.467. The summed E-state index contributed by atoms with van der Waals surface area (Å²) in [6.07, 6.45) is 1.20. The molecule has 1 aliphatic heterocycles. The molecular weight excluding hydrogens is 519 g/mol. The normalized spacial score (nSPS) is 23.5. The van der Waals surface area contributed by atoms with E-state index in [0.29, 0.717) is 24.1 Å². The van der Waals surface area contributed by atoms with Crippen LogP contribution in [0.5, 0.6) is 0 Å². The predicted molar refractivity (Wildman–Crippen MR) is 143 cm³/mol. The Labute approximate surface area is 230 Å². The van der Waals surface area contributed by atoms with Crippen molar-refractivity contribution in [3.8, 4) is 0 Å². The van der Waals surface area contributed by atoms with Crippen LogP contribution in [0.2, 0.25) is 0 Å². The van der Waals surface area contributed by atoms with E-state index in [-0.39, 0.29) is 41.5 Å². The standard InChI is InChI=1S/C30H32F3N5O2/c1-18(39)20-13-29(14-20,27-36-35-17-37(27)3)21-6-4-7-22(12-21)38-16-24-23(26(38)40)10-19(11-25(24)30(31,32)33)15-34-28(2)8-5-9-28/h4,6-7,10-12,17,20,34H,5,8-9,13-16H2,1-3H3. The quantitative estimate of drug-likeness (QED) is 0.431. The number of carbonyl (C=O) groups excluding carboxylic acids is 2. The zero-order chi connectivity index (χ0) is 28.4. The number of ketones is 1. The maximum absolute atomic E-state index is 14.2. The first-order valence-corrected chi connectivity index (χ1v) is 13.7. The van der Waals surface area contributed by atoms with Gasteiger partial charge in [0.1, 0.15) is 17.9 Å². The van der Waals surface area contributed by atoms with E-state index in [1.54, 1.807) is 31.5 Å². The Morgan fingerprint density at radius 2 is 1.93 bits per heavy atom. The first-order chi connectivity index (χ1) is 18.9. The van der Waals surface area contributed by atoms with Gasteiger partial charge in [0.15, 0.2) is 0 Å². The van der Waals surface area contributed by atoms with Gasteiger partial charge in [0.05, 0.1) is 17.5 Å². The number of fused-ring (bicyclic) bond motifs is 1. The second-order valence-corrected chi connectivity index (χ2v) is 11.9. The van der Waals surface area contributed by atoms with Gasteiger partial charge in [-0.15, -0.1) is 10.2 Å². The molecule has 7 nitrogen and oxygen atoms in total. The summed E-state index contributed by atoms with van der Waals surface area (Å²) < 4.78 is 44.5. The van der Waals surface area contributed by atoms with Gasteiger partial charge in [0.2, 0.25) is 0 Å². The van der Waals surface area contributed by atoms with Crippen LogP contribution in [0.4, 0.5) is 18.9 Å². The van der Waals surface area contributed by atoms with Crippen molar-refractivity contribution in [2.24, 2.45) is 13.0 Å². The highest BCUT2D eigenvalue weighted by atomic mass is 19.4. The summed E-state index contributed by atoms with van der Waals surface area (Å²) in [5.74, 6) is 0.268. The van der Waals surface area contributed by atoms with Gasteiger partial charge in [0.25, 0.3) is 5.91 Å². The third-order valence-electron chi connectivity index (χ3n) is 9.20. The summed E-state index contributed by atoms with van der Waals surface area (Å²) in [6.45, 7) is 3.76. The first kappa shape index (κ1) is 26.7. The molecule has 2 heterocycles. The number of aromatic nitrogens is 3. The fourth-order valence-corrected chi connectivity index (χ4v) is 6.54. The van der Waals surface area contributed by atoms with Gasteiger partial charge in [-0.2, -0.15) is 13.2 Å². The monoisotopic (exact) mass is 551 g/mol. The summed E-state index contributed by atoms with van der Waals surface area (Å²) >= 11 is 0. The number of carbonyl (C=O) groups is 2. The van der Waals surface area contributed by atoms with E-state index in [9.17, 15) is 22.8 Å². The second-order valence-electron chi connectivity index (χ2n) is 11.9. The van der Waals surface area contributed by atoms with Crippen LogP contribution in [0.25, 0.3) is 0 Å². The zero-order valence-electron chi connectivity index (χ0n) is 22.8. The number of nitrogens with zero attached hydrogens (tertiary/aromatic N) is 4. The highest BCUT2D eigenvalue weighted by Crippen LogP contribution is 2.52. The Kier molecular flexibility index (Phi) is 6.18. The van der Waals surface area contributed by atoms with Gasteiger partial charge >= 0.3 is 6.18 Å². The molecule has 2 saturated carbocycles. The van der Waals surface area contributed by atoms with Crippen LogP contribution in [0, 0.1) is 5.92 Å². The van der Waals surface area contributed by atoms with Crippen molar-refractivity contribution in [3.63, 3.8) is 0 Å². The summed E-state index contributed by atoms with van der Waals surface area (Å²) in [7, 11) is 1.85. The van der Waals surface area contributed by atoms with Gasteiger partial charge < -0.3 is 14.8 Å². The Balaban J connectivity index is 1.34. The van der Waals surface area contributed by atoms with Gasteiger partial charge in [-0.05, 0) is 86.9 Å². The van der Waals surface area contributed by atoms with Crippen molar-refractivity contribution < 1.29 is 22.8 Å². The van der Waals surface area contributed by atoms with Crippen molar-refractivity contribution in [2.75, 3.05) is 4.90 Å². The lowest BCUT2D eigenvalue weighted by Crippen LogP contribution is -2.47. The van der Waals surface area contributed by atoms with E-state index >= 15 is 0 Å². The highest BCUT2D eigenvalue weighted by molar-refractivity contribution is 6.10. The molecule has 1 amide bonds. The van der Waals surface area contributed by atoms with Crippen molar-refractivity contribution >= 4 is 17.4 Å². The van der Waals surface area contributed by atoms with E-state index in [4.69, 9.17) is 0 Å². The fourth-order valence-electron chi connectivity index (χ4n) is 6.54. The van der Waals surface area contributed by atoms with Crippen LogP contribution in [-0.4, -0.2) is 32.0 Å². The Hall–Kier alpha value is -3.53. The average molecular weight is 552 g/mol. The summed E-state index contributed by atoms with van der Waals surface area (Å²) in [6, 6.07) is 10.1. The molecular formula is C30H32F3N5O2. The number of alkyl halides is 3. The number of anilines is 1. The van der Waals surface area contributed by atoms with Gasteiger partial charge in [-0.3, -0.25) is 9.59 Å². The largest absolute Gasteiger partial charge is 0.416 e. The number of nitrogens with one attached hydrogen (secondary N) is 1. The smallest absolute Gasteiger partial charge is 0.320 e. The number of halogens is 3. The van der Waals surface area contributed by atoms with Crippen molar-refractivity contribution in [1.82, 2.24) is 20.1 Å². The van der Waals surface area contributed by atoms with Crippen LogP contribution in [0.3, 0.4) is 0 Å². The molecule has 0 atom stereocenters. The van der Waals surface area contributed by atoms with Crippen molar-refractivity contribution in [2.45, 2.75) is 76.2 Å². The Bertz CT molecular complexity index is 1500. The molecule has 0 spiro atoms. The minimum absolute atomic E-state index is 0.00445. The van der Waals surface area contributed by atoms with Gasteiger partial charge in [-0.1, -0.05) is 12.1 Å². The number of amides is 1. The molecule has 0 bridgehead atoms. The van der Waals surface area contributed by atoms with Gasteiger partial charge in [0, 0.05) is 36.3 Å². The molecule has 3 aliphatic rings. The second kappa shape index (κ2) is 9.26. The number of hydrogen-bond acceptors (Lipinski definition) is 5. The lowest BCUT2D eigenvalue weighted by Gasteiger charge is -2.46. The molecule has 10 heteroatoms. The van der Waals surface area contributed by atoms with Crippen LogP contribution in [-0.2, 0) is 36.5 Å².